The van der Waals surface area contributed by atoms with Gasteiger partial charge < -0.3 is 4.74 Å². The van der Waals surface area contributed by atoms with E-state index in [9.17, 15) is 18.0 Å². The fraction of sp³-hybridized carbons (Fsp3) is 0.444. The number of benzene rings is 1. The fourth-order valence-electron chi connectivity index (χ4n) is 6.29. The average molecular weight is 522 g/mol. The Morgan fingerprint density at radius 3 is 2.46 bits per heavy atom. The maximum Gasteiger partial charge on any atom is 0.422 e. The van der Waals surface area contributed by atoms with E-state index in [1.165, 1.54) is 0 Å². The lowest BCUT2D eigenvalue weighted by atomic mass is 9.67. The van der Waals surface area contributed by atoms with Crippen molar-refractivity contribution in [3.05, 3.63) is 70.9 Å². The van der Waals surface area contributed by atoms with Crippen LogP contribution in [0.15, 0.2) is 36.8 Å². The van der Waals surface area contributed by atoms with E-state index in [-0.39, 0.29) is 23.4 Å². The minimum atomic E-state index is -5.22. The van der Waals surface area contributed by atoms with E-state index in [1.54, 1.807) is 45.4 Å². The highest BCUT2D eigenvalue weighted by atomic mass is 19.4. The molecule has 0 fully saturated rings. The van der Waals surface area contributed by atoms with Gasteiger partial charge in [0.05, 0.1) is 18.5 Å². The minimum absolute atomic E-state index is 0.0812. The van der Waals surface area contributed by atoms with Crippen LogP contribution in [0.4, 0.5) is 22.0 Å². The number of cyclic esters (lactones) is 1. The number of rotatable bonds is 4. The zero-order valence-corrected chi connectivity index (χ0v) is 21.0. The van der Waals surface area contributed by atoms with Crippen LogP contribution < -0.4 is 9.13 Å². The van der Waals surface area contributed by atoms with Crippen LogP contribution in [-0.2, 0) is 36.5 Å². The van der Waals surface area contributed by atoms with Gasteiger partial charge in [-0.2, -0.15) is 17.7 Å². The number of nitrogens with zero attached hydrogens (tertiary/aromatic N) is 3. The molecule has 2 unspecified atom stereocenters. The monoisotopic (exact) mass is 521 g/mol. The average Bonchev–Trinajstić information content (AvgIpc) is 3.22. The van der Waals surface area contributed by atoms with Gasteiger partial charge in [0, 0.05) is 25.0 Å². The summed E-state index contributed by atoms with van der Waals surface area (Å²) in [7, 11) is 1.70. The van der Waals surface area contributed by atoms with Crippen LogP contribution in [0.1, 0.15) is 66.8 Å². The van der Waals surface area contributed by atoms with Crippen molar-refractivity contribution in [2.45, 2.75) is 70.3 Å². The molecule has 0 bridgehead atoms. The Balaban J connectivity index is 1.84. The second-order valence-electron chi connectivity index (χ2n) is 9.77. The molecule has 2 aliphatic heterocycles. The van der Waals surface area contributed by atoms with Gasteiger partial charge in [-0.15, -0.1) is 0 Å². The predicted molar refractivity (Wildman–Crippen MR) is 122 cm³/mol. The molecular weight excluding hydrogens is 493 g/mol. The Morgan fingerprint density at radius 1 is 1.14 bits per heavy atom. The summed E-state index contributed by atoms with van der Waals surface area (Å²) in [5.41, 5.74) is -1.89. The number of carbonyl (C=O) groups excluding carboxylic acids is 1. The first-order chi connectivity index (χ1) is 17.5. The van der Waals surface area contributed by atoms with Gasteiger partial charge in [-0.25, -0.2) is 22.7 Å². The summed E-state index contributed by atoms with van der Waals surface area (Å²) in [6.07, 6.45) is 0.651. The number of imidazole rings is 1. The van der Waals surface area contributed by atoms with Crippen LogP contribution in [0, 0.1) is 11.6 Å². The maximum absolute atomic E-state index is 15.9. The van der Waals surface area contributed by atoms with Crippen molar-refractivity contribution in [2.24, 2.45) is 7.05 Å². The van der Waals surface area contributed by atoms with Crippen molar-refractivity contribution in [1.29, 1.82) is 0 Å². The van der Waals surface area contributed by atoms with Gasteiger partial charge in [0.2, 0.25) is 5.69 Å². The second kappa shape index (κ2) is 8.63. The summed E-state index contributed by atoms with van der Waals surface area (Å²) < 4.78 is 83.3. The fourth-order valence-corrected chi connectivity index (χ4v) is 6.29. The highest BCUT2D eigenvalue weighted by Gasteiger charge is 2.59. The van der Waals surface area contributed by atoms with Gasteiger partial charge in [0.25, 0.3) is 0 Å². The molecule has 2 aromatic heterocycles. The van der Waals surface area contributed by atoms with Crippen LogP contribution in [0.5, 0.6) is 0 Å². The molecule has 37 heavy (non-hydrogen) atoms. The summed E-state index contributed by atoms with van der Waals surface area (Å²) in [5.74, 6) is -4.41. The maximum atomic E-state index is 15.9. The highest BCUT2D eigenvalue weighted by molar-refractivity contribution is 5.85. The Hall–Kier alpha value is -3.30. The minimum Gasteiger partial charge on any atom is -0.448 e. The molecule has 0 radical (unpaired) electrons. The van der Waals surface area contributed by atoms with Crippen LogP contribution in [0.25, 0.3) is 11.3 Å². The molecule has 0 N–H and O–H groups in total. The SMILES string of the molecule is CCc1cc[n+]2c(c1)-c1c(cc(F)c(C(F)(F)F)c1F)C(C1Cn3cc[n+](C)c3C(=O)O1)C2(CC)CC. The van der Waals surface area contributed by atoms with Crippen LogP contribution in [0.3, 0.4) is 0 Å². The second-order valence-corrected chi connectivity index (χ2v) is 9.77. The largest absolute Gasteiger partial charge is 0.448 e. The van der Waals surface area contributed by atoms with Gasteiger partial charge in [0.1, 0.15) is 30.3 Å². The number of carbonyl (C=O) groups is 1. The Bertz CT molecular complexity index is 1410. The van der Waals surface area contributed by atoms with E-state index in [0.717, 1.165) is 11.6 Å². The topological polar surface area (TPSA) is 39.0 Å². The van der Waals surface area contributed by atoms with Gasteiger partial charge in [0.15, 0.2) is 23.7 Å². The molecule has 0 saturated carbocycles. The van der Waals surface area contributed by atoms with E-state index in [0.29, 0.717) is 25.1 Å². The Labute approximate surface area is 211 Å². The van der Waals surface area contributed by atoms with Crippen molar-refractivity contribution in [3.63, 3.8) is 0 Å². The van der Waals surface area contributed by atoms with Crippen molar-refractivity contribution in [3.8, 4) is 11.3 Å². The third-order valence-electron chi connectivity index (χ3n) is 8.10. The molecule has 2 atom stereocenters. The molecule has 3 aromatic rings. The first-order valence-electron chi connectivity index (χ1n) is 12.4. The molecule has 1 aromatic carbocycles. The standard InChI is InChI=1S/C27H28F5N3O2/c1-5-15-8-9-35-18(12-15)20-16(13-17(28)22(23(20)29)27(30,31)32)21(26(35,6-2)7-3)19-14-34-11-10-33(4)24(34)25(36)37-19/h8-13,19,21H,5-7,14H2,1-4H3/q+2. The number of hydrogen-bond acceptors (Lipinski definition) is 2. The number of pyridine rings is 1. The predicted octanol–water partition coefficient (Wildman–Crippen LogP) is 4.98. The van der Waals surface area contributed by atoms with E-state index >= 15 is 8.78 Å². The molecule has 5 nitrogen and oxygen atoms in total. The number of halogens is 5. The first-order valence-corrected chi connectivity index (χ1v) is 12.4. The number of aryl methyl sites for hydroxylation is 2. The molecule has 196 valence electrons. The highest BCUT2D eigenvalue weighted by Crippen LogP contribution is 2.51. The quantitative estimate of drug-likeness (QED) is 0.276. The molecule has 0 aliphatic carbocycles. The molecule has 4 heterocycles. The molecule has 10 heteroatoms. The Morgan fingerprint density at radius 2 is 1.84 bits per heavy atom. The van der Waals surface area contributed by atoms with Gasteiger partial charge >= 0.3 is 18.0 Å². The van der Waals surface area contributed by atoms with E-state index < -0.39 is 46.9 Å². The molecular formula is C27H28F5N3O2+2. The van der Waals surface area contributed by atoms with Crippen LogP contribution in [0.2, 0.25) is 0 Å². The first kappa shape index (κ1) is 25.4. The lowest BCUT2D eigenvalue weighted by Gasteiger charge is -2.43. The van der Waals surface area contributed by atoms with E-state index in [4.69, 9.17) is 4.74 Å². The van der Waals surface area contributed by atoms with Crippen molar-refractivity contribution in [2.75, 3.05) is 0 Å². The molecule has 2 aliphatic rings. The molecule has 0 amide bonds. The zero-order chi connectivity index (χ0) is 26.9. The number of esters is 1. The summed E-state index contributed by atoms with van der Waals surface area (Å²) in [6.45, 7) is 5.94. The molecule has 0 saturated heterocycles. The smallest absolute Gasteiger partial charge is 0.422 e. The normalized spacial score (nSPS) is 20.2. The zero-order valence-electron chi connectivity index (χ0n) is 21.0. The van der Waals surface area contributed by atoms with Crippen LogP contribution >= 0.6 is 0 Å². The number of alkyl halides is 3. The van der Waals surface area contributed by atoms with Gasteiger partial charge in [-0.3, -0.25) is 0 Å². The van der Waals surface area contributed by atoms with Gasteiger partial charge in [-0.05, 0) is 23.6 Å². The van der Waals surface area contributed by atoms with Gasteiger partial charge in [-0.1, -0.05) is 20.8 Å². The van der Waals surface area contributed by atoms with E-state index in [2.05, 4.69) is 0 Å². The lowest BCUT2D eigenvalue weighted by molar-refractivity contribution is -0.764. The van der Waals surface area contributed by atoms with Crippen molar-refractivity contribution >= 4 is 5.97 Å². The third-order valence-corrected chi connectivity index (χ3v) is 8.10. The van der Waals surface area contributed by atoms with Crippen molar-refractivity contribution < 1.29 is 40.6 Å². The summed E-state index contributed by atoms with van der Waals surface area (Å²) in [5, 5.41) is 0. The number of aromatic nitrogens is 3. The van der Waals surface area contributed by atoms with Crippen molar-refractivity contribution in [1.82, 2.24) is 4.57 Å². The third kappa shape index (κ3) is 3.59. The molecule has 0 spiro atoms. The number of hydrogen-bond donors (Lipinski definition) is 0. The van der Waals surface area contributed by atoms with Crippen LogP contribution in [-0.4, -0.2) is 16.6 Å². The summed E-state index contributed by atoms with van der Waals surface area (Å²) >= 11 is 0. The lowest BCUT2D eigenvalue weighted by Crippen LogP contribution is -2.65. The summed E-state index contributed by atoms with van der Waals surface area (Å²) in [4.78, 5) is 13.0. The number of fused-ring (bicyclic) bond motifs is 4. The summed E-state index contributed by atoms with van der Waals surface area (Å²) in [6, 6.07) is 4.33. The van der Waals surface area contributed by atoms with E-state index in [1.807, 2.05) is 26.8 Å². The molecule has 5 rings (SSSR count). The Kier molecular flexibility index (Phi) is 5.91. The number of ether oxygens (including phenoxy) is 1.